The molecule has 0 heterocycles. The van der Waals surface area contributed by atoms with E-state index in [4.69, 9.17) is 0 Å². The van der Waals surface area contributed by atoms with Crippen molar-refractivity contribution in [3.63, 3.8) is 0 Å². The molecule has 1 heteroatoms. The van der Waals surface area contributed by atoms with Crippen LogP contribution in [0.2, 0.25) is 0 Å². The van der Waals surface area contributed by atoms with Gasteiger partial charge in [0.25, 0.3) is 0 Å². The molecule has 282 valence electrons. The van der Waals surface area contributed by atoms with Crippen LogP contribution in [0.4, 0.5) is 17.1 Å². The molecule has 3 unspecified atom stereocenters. The predicted octanol–water partition coefficient (Wildman–Crippen LogP) is 15.9. The van der Waals surface area contributed by atoms with E-state index in [9.17, 15) is 0 Å². The van der Waals surface area contributed by atoms with Crippen molar-refractivity contribution in [2.75, 3.05) is 4.90 Å². The number of benzene rings is 7. The van der Waals surface area contributed by atoms with Crippen LogP contribution in [-0.2, 0) is 5.41 Å². The van der Waals surface area contributed by atoms with Gasteiger partial charge in [0.2, 0.25) is 0 Å². The lowest BCUT2D eigenvalue weighted by molar-refractivity contribution is 0.420. The third-order valence-corrected chi connectivity index (χ3v) is 14.8. The molecule has 3 fully saturated rings. The van der Waals surface area contributed by atoms with Gasteiger partial charge in [-0.1, -0.05) is 161 Å². The van der Waals surface area contributed by atoms with E-state index in [0.717, 1.165) is 11.8 Å². The quantitative estimate of drug-likeness (QED) is 0.157. The van der Waals surface area contributed by atoms with Crippen LogP contribution in [0.3, 0.4) is 0 Å². The van der Waals surface area contributed by atoms with Crippen molar-refractivity contribution in [2.24, 2.45) is 11.8 Å². The Morgan fingerprint density at radius 3 is 1.98 bits per heavy atom. The van der Waals surface area contributed by atoms with E-state index in [1.54, 1.807) is 0 Å². The fraction of sp³-hybridized carbons (Fsp3) is 0.286. The SMILES string of the molecule is CC1(C)c2ccccc2-c2ccc(N(c3ccc(-c4ccccc4C4CCCCC4)cc3)c3ccc(C4CC5CCC4C5)cc3)c(-c3cccc4ccccc34)c21. The highest BCUT2D eigenvalue weighted by molar-refractivity contribution is 6.05. The zero-order chi connectivity index (χ0) is 38.1. The van der Waals surface area contributed by atoms with Crippen LogP contribution in [0.1, 0.15) is 106 Å². The molecule has 0 N–H and O–H groups in total. The Bertz CT molecular complexity index is 2600. The van der Waals surface area contributed by atoms with E-state index in [0.29, 0.717) is 11.8 Å². The lowest BCUT2D eigenvalue weighted by Gasteiger charge is -2.33. The van der Waals surface area contributed by atoms with Crippen LogP contribution in [0.5, 0.6) is 0 Å². The molecule has 0 spiro atoms. The Morgan fingerprint density at radius 1 is 0.526 bits per heavy atom. The van der Waals surface area contributed by atoms with Gasteiger partial charge >= 0.3 is 0 Å². The first kappa shape index (κ1) is 34.8. The van der Waals surface area contributed by atoms with Crippen molar-refractivity contribution in [3.8, 4) is 33.4 Å². The van der Waals surface area contributed by atoms with Gasteiger partial charge in [-0.05, 0) is 147 Å². The van der Waals surface area contributed by atoms with Crippen molar-refractivity contribution in [3.05, 3.63) is 174 Å². The van der Waals surface area contributed by atoms with Gasteiger partial charge in [-0.3, -0.25) is 0 Å². The van der Waals surface area contributed by atoms with Gasteiger partial charge in [0.15, 0.2) is 0 Å². The van der Waals surface area contributed by atoms with Crippen LogP contribution in [0.15, 0.2) is 152 Å². The summed E-state index contributed by atoms with van der Waals surface area (Å²) >= 11 is 0. The number of fused-ring (bicyclic) bond motifs is 6. The molecule has 4 aliphatic rings. The number of rotatable bonds is 7. The Balaban J connectivity index is 1.11. The molecule has 7 aromatic carbocycles. The van der Waals surface area contributed by atoms with Gasteiger partial charge in [0.1, 0.15) is 0 Å². The van der Waals surface area contributed by atoms with Gasteiger partial charge < -0.3 is 4.90 Å². The fourth-order valence-corrected chi connectivity index (χ4v) is 12.0. The maximum Gasteiger partial charge on any atom is 0.0543 e. The third-order valence-electron chi connectivity index (χ3n) is 14.8. The van der Waals surface area contributed by atoms with E-state index >= 15 is 0 Å². The summed E-state index contributed by atoms with van der Waals surface area (Å²) in [6, 6.07) is 58.3. The van der Waals surface area contributed by atoms with Crippen molar-refractivity contribution in [1.29, 1.82) is 0 Å². The molecule has 7 aromatic rings. The van der Waals surface area contributed by atoms with Crippen LogP contribution in [0.25, 0.3) is 44.2 Å². The van der Waals surface area contributed by atoms with Crippen molar-refractivity contribution < 1.29 is 0 Å². The molecule has 57 heavy (non-hydrogen) atoms. The Labute approximate surface area is 339 Å². The molecule has 0 saturated heterocycles. The molecular weight excluding hydrogens is 687 g/mol. The molecule has 2 bridgehead atoms. The van der Waals surface area contributed by atoms with E-state index < -0.39 is 0 Å². The zero-order valence-electron chi connectivity index (χ0n) is 33.6. The van der Waals surface area contributed by atoms with Gasteiger partial charge in [-0.25, -0.2) is 0 Å². The highest BCUT2D eigenvalue weighted by atomic mass is 15.1. The normalized spacial score (nSPS) is 20.8. The van der Waals surface area contributed by atoms with Crippen molar-refractivity contribution >= 4 is 27.8 Å². The molecule has 11 rings (SSSR count). The topological polar surface area (TPSA) is 3.24 Å². The molecule has 0 amide bonds. The smallest absolute Gasteiger partial charge is 0.0543 e. The second-order valence-electron chi connectivity index (χ2n) is 18.3. The molecule has 4 aliphatic carbocycles. The van der Waals surface area contributed by atoms with Crippen LogP contribution >= 0.6 is 0 Å². The highest BCUT2D eigenvalue weighted by Crippen LogP contribution is 2.57. The number of hydrogen-bond donors (Lipinski definition) is 0. The summed E-state index contributed by atoms with van der Waals surface area (Å²) in [6.07, 6.45) is 12.3. The molecular formula is C56H53N. The monoisotopic (exact) mass is 739 g/mol. The first-order valence-electron chi connectivity index (χ1n) is 21.9. The van der Waals surface area contributed by atoms with Gasteiger partial charge in [0, 0.05) is 22.4 Å². The average Bonchev–Trinajstić information content (AvgIpc) is 3.97. The van der Waals surface area contributed by atoms with Crippen molar-refractivity contribution in [1.82, 2.24) is 0 Å². The minimum Gasteiger partial charge on any atom is -0.310 e. The third kappa shape index (κ3) is 5.80. The second-order valence-corrected chi connectivity index (χ2v) is 18.3. The number of hydrogen-bond acceptors (Lipinski definition) is 1. The lowest BCUT2D eigenvalue weighted by atomic mass is 9.77. The largest absolute Gasteiger partial charge is 0.310 e. The molecule has 3 saturated carbocycles. The minimum absolute atomic E-state index is 0.182. The number of nitrogens with zero attached hydrogens (tertiary/aromatic N) is 1. The predicted molar refractivity (Wildman–Crippen MR) is 241 cm³/mol. The van der Waals surface area contributed by atoms with E-state index in [-0.39, 0.29) is 5.41 Å². The maximum absolute atomic E-state index is 2.57. The highest BCUT2D eigenvalue weighted by Gasteiger charge is 2.41. The average molecular weight is 740 g/mol. The van der Waals surface area contributed by atoms with Crippen molar-refractivity contribution in [2.45, 2.75) is 88.9 Å². The molecule has 0 radical (unpaired) electrons. The van der Waals surface area contributed by atoms with E-state index in [1.165, 1.54) is 141 Å². The van der Waals surface area contributed by atoms with Crippen LogP contribution < -0.4 is 4.90 Å². The Morgan fingerprint density at radius 2 is 1.21 bits per heavy atom. The first-order chi connectivity index (χ1) is 28.0. The summed E-state index contributed by atoms with van der Waals surface area (Å²) in [7, 11) is 0. The fourth-order valence-electron chi connectivity index (χ4n) is 12.0. The number of anilines is 3. The molecule has 1 nitrogen and oxygen atoms in total. The lowest BCUT2D eigenvalue weighted by Crippen LogP contribution is -2.19. The first-order valence-corrected chi connectivity index (χ1v) is 21.9. The van der Waals surface area contributed by atoms with Gasteiger partial charge in [-0.2, -0.15) is 0 Å². The van der Waals surface area contributed by atoms with Crippen LogP contribution in [0, 0.1) is 11.8 Å². The zero-order valence-corrected chi connectivity index (χ0v) is 33.6. The Hall–Kier alpha value is -5.40. The summed E-state index contributed by atoms with van der Waals surface area (Å²) in [4.78, 5) is 2.57. The Kier molecular flexibility index (Phi) is 8.50. The summed E-state index contributed by atoms with van der Waals surface area (Å²) in [6.45, 7) is 4.87. The summed E-state index contributed by atoms with van der Waals surface area (Å²) in [5.74, 6) is 3.15. The second kappa shape index (κ2) is 13.9. The minimum atomic E-state index is -0.182. The summed E-state index contributed by atoms with van der Waals surface area (Å²) in [5, 5.41) is 2.57. The van der Waals surface area contributed by atoms with Gasteiger partial charge in [-0.15, -0.1) is 0 Å². The van der Waals surface area contributed by atoms with E-state index in [2.05, 4.69) is 170 Å². The van der Waals surface area contributed by atoms with Gasteiger partial charge in [0.05, 0.1) is 5.69 Å². The molecule has 3 atom stereocenters. The summed E-state index contributed by atoms with van der Waals surface area (Å²) < 4.78 is 0. The molecule has 0 aliphatic heterocycles. The summed E-state index contributed by atoms with van der Waals surface area (Å²) in [5.41, 5.74) is 17.4. The van der Waals surface area contributed by atoms with Crippen LogP contribution in [-0.4, -0.2) is 0 Å². The maximum atomic E-state index is 2.57. The standard InChI is InChI=1S/C56H53N/c1-56(2)52-22-11-10-20-48(52)50-33-34-53(54(55(50)56)49-21-12-16-39-15-6-7-19-47(39)49)57(44-31-27-41(28-32-44)51-36-37-23-24-42(51)35-37)43-29-25-40(26-30-43)46-18-9-8-17-45(46)38-13-4-3-5-14-38/h6-12,15-22,25-34,37-38,42,51H,3-5,13-14,23-24,35-36H2,1-2H3. The molecule has 0 aromatic heterocycles. The van der Waals surface area contributed by atoms with E-state index in [1.807, 2.05) is 0 Å².